The van der Waals surface area contributed by atoms with Gasteiger partial charge in [-0.25, -0.2) is 4.79 Å². The minimum absolute atomic E-state index is 0.0699. The van der Waals surface area contributed by atoms with Crippen molar-refractivity contribution in [2.75, 3.05) is 0 Å². The fraction of sp³-hybridized carbons (Fsp3) is 0.667. The molecule has 0 aromatic carbocycles. The normalized spacial score (nSPS) is 12.5. The maximum Gasteiger partial charge on any atom is 0.332 e. The summed E-state index contributed by atoms with van der Waals surface area (Å²) in [6.07, 6.45) is 0.346. The maximum absolute atomic E-state index is 10.9. The maximum atomic E-state index is 10.9. The van der Waals surface area contributed by atoms with Crippen LogP contribution < -0.4 is 0 Å². The van der Waals surface area contributed by atoms with Gasteiger partial charge in [0.15, 0.2) is 0 Å². The predicted octanol–water partition coefficient (Wildman–Crippen LogP) is 1.47. The first-order chi connectivity index (χ1) is 5.43. The molecule has 0 aliphatic carbocycles. The van der Waals surface area contributed by atoms with Crippen molar-refractivity contribution in [2.24, 2.45) is 5.92 Å². The average molecular weight is 172 g/mol. The SMILES string of the molecule is CC(C)=CC(=O)OC(O)C(C)C. The lowest BCUT2D eigenvalue weighted by atomic mass is 10.2. The quantitative estimate of drug-likeness (QED) is 0.398. The number of carbonyl (C=O) groups is 1. The molecule has 0 radical (unpaired) electrons. The molecular weight excluding hydrogens is 156 g/mol. The molecule has 0 aromatic rings. The zero-order chi connectivity index (χ0) is 9.72. The van der Waals surface area contributed by atoms with E-state index in [-0.39, 0.29) is 5.92 Å². The summed E-state index contributed by atoms with van der Waals surface area (Å²) in [6, 6.07) is 0. The zero-order valence-corrected chi connectivity index (χ0v) is 8.00. The Labute approximate surface area is 73.0 Å². The second-order valence-electron chi connectivity index (χ2n) is 3.29. The number of esters is 1. The van der Waals surface area contributed by atoms with Crippen LogP contribution in [0, 0.1) is 5.92 Å². The molecule has 0 rings (SSSR count). The number of hydrogen-bond acceptors (Lipinski definition) is 3. The third kappa shape index (κ3) is 4.91. The molecule has 1 N–H and O–H groups in total. The number of ether oxygens (including phenoxy) is 1. The Morgan fingerprint density at radius 1 is 1.42 bits per heavy atom. The van der Waals surface area contributed by atoms with Gasteiger partial charge in [0.1, 0.15) is 0 Å². The largest absolute Gasteiger partial charge is 0.433 e. The van der Waals surface area contributed by atoms with Crippen LogP contribution in [0.25, 0.3) is 0 Å². The molecule has 1 atom stereocenters. The minimum atomic E-state index is -1.01. The standard InChI is InChI=1S/C9H16O3/c1-6(2)5-8(10)12-9(11)7(3)4/h5,7,9,11H,1-4H3. The number of rotatable bonds is 3. The molecule has 0 saturated carbocycles. The van der Waals surface area contributed by atoms with Crippen LogP contribution in [0.1, 0.15) is 27.7 Å². The minimum Gasteiger partial charge on any atom is -0.433 e. The summed E-state index contributed by atoms with van der Waals surface area (Å²) in [5.41, 5.74) is 0.857. The summed E-state index contributed by atoms with van der Waals surface area (Å²) in [5, 5.41) is 9.14. The third-order valence-corrected chi connectivity index (χ3v) is 1.21. The highest BCUT2D eigenvalue weighted by atomic mass is 16.6. The Balaban J connectivity index is 3.94. The highest BCUT2D eigenvalue weighted by molar-refractivity contribution is 5.82. The summed E-state index contributed by atoms with van der Waals surface area (Å²) < 4.78 is 4.66. The molecule has 12 heavy (non-hydrogen) atoms. The van der Waals surface area contributed by atoms with E-state index in [1.165, 1.54) is 6.08 Å². The van der Waals surface area contributed by atoms with Crippen molar-refractivity contribution in [3.63, 3.8) is 0 Å². The number of allylic oxidation sites excluding steroid dienone is 1. The van der Waals surface area contributed by atoms with Gasteiger partial charge in [0.25, 0.3) is 0 Å². The molecule has 0 bridgehead atoms. The molecule has 0 fully saturated rings. The molecule has 0 aliphatic rings. The first kappa shape index (κ1) is 11.2. The summed E-state index contributed by atoms with van der Waals surface area (Å²) in [7, 11) is 0. The topological polar surface area (TPSA) is 46.5 Å². The number of aliphatic hydroxyl groups excluding tert-OH is 1. The van der Waals surface area contributed by atoms with Gasteiger partial charge in [0.2, 0.25) is 6.29 Å². The summed E-state index contributed by atoms with van der Waals surface area (Å²) in [5.74, 6) is -0.560. The molecule has 0 heterocycles. The van der Waals surface area contributed by atoms with Crippen molar-refractivity contribution in [2.45, 2.75) is 34.0 Å². The van der Waals surface area contributed by atoms with Gasteiger partial charge in [-0.2, -0.15) is 0 Å². The van der Waals surface area contributed by atoms with Crippen LogP contribution in [0.5, 0.6) is 0 Å². The van der Waals surface area contributed by atoms with Crippen LogP contribution in [0.4, 0.5) is 0 Å². The van der Waals surface area contributed by atoms with Gasteiger partial charge in [-0.05, 0) is 13.8 Å². The Morgan fingerprint density at radius 2 is 1.92 bits per heavy atom. The Kier molecular flexibility index (Phi) is 4.59. The van der Waals surface area contributed by atoms with Crippen LogP contribution >= 0.6 is 0 Å². The lowest BCUT2D eigenvalue weighted by molar-refractivity contribution is -0.168. The molecule has 0 amide bonds. The Bertz CT molecular complexity index is 178. The van der Waals surface area contributed by atoms with Gasteiger partial charge in [-0.3, -0.25) is 0 Å². The first-order valence-corrected chi connectivity index (χ1v) is 3.97. The molecule has 0 spiro atoms. The van der Waals surface area contributed by atoms with Crippen molar-refractivity contribution in [3.05, 3.63) is 11.6 Å². The van der Waals surface area contributed by atoms with Crippen LogP contribution in [0.2, 0.25) is 0 Å². The van der Waals surface area contributed by atoms with Crippen molar-refractivity contribution in [1.29, 1.82) is 0 Å². The van der Waals surface area contributed by atoms with Gasteiger partial charge in [0.05, 0.1) is 0 Å². The van der Waals surface area contributed by atoms with E-state index in [4.69, 9.17) is 5.11 Å². The molecule has 3 nitrogen and oxygen atoms in total. The highest BCUT2D eigenvalue weighted by Gasteiger charge is 2.12. The molecule has 1 unspecified atom stereocenters. The van der Waals surface area contributed by atoms with Gasteiger partial charge in [-0.1, -0.05) is 19.4 Å². The molecule has 0 aliphatic heterocycles. The summed E-state index contributed by atoms with van der Waals surface area (Å²) >= 11 is 0. The van der Waals surface area contributed by atoms with Crippen LogP contribution in [0.15, 0.2) is 11.6 Å². The molecule has 3 heteroatoms. The fourth-order valence-electron chi connectivity index (χ4n) is 0.525. The van der Waals surface area contributed by atoms with E-state index >= 15 is 0 Å². The molecule has 0 aromatic heterocycles. The lowest BCUT2D eigenvalue weighted by Crippen LogP contribution is -2.21. The number of aliphatic hydroxyl groups is 1. The van der Waals surface area contributed by atoms with E-state index in [1.807, 2.05) is 0 Å². The average Bonchev–Trinajstić information content (AvgIpc) is 1.84. The Hall–Kier alpha value is -0.830. The highest BCUT2D eigenvalue weighted by Crippen LogP contribution is 2.03. The van der Waals surface area contributed by atoms with E-state index in [0.717, 1.165) is 5.57 Å². The molecule has 70 valence electrons. The van der Waals surface area contributed by atoms with Crippen LogP contribution in [-0.4, -0.2) is 17.4 Å². The van der Waals surface area contributed by atoms with Crippen molar-refractivity contribution < 1.29 is 14.6 Å². The zero-order valence-electron chi connectivity index (χ0n) is 8.00. The summed E-state index contributed by atoms with van der Waals surface area (Å²) in [4.78, 5) is 10.9. The third-order valence-electron chi connectivity index (χ3n) is 1.21. The van der Waals surface area contributed by atoms with E-state index in [1.54, 1.807) is 27.7 Å². The van der Waals surface area contributed by atoms with Gasteiger partial charge >= 0.3 is 5.97 Å². The van der Waals surface area contributed by atoms with Crippen molar-refractivity contribution >= 4 is 5.97 Å². The van der Waals surface area contributed by atoms with Crippen LogP contribution in [-0.2, 0) is 9.53 Å². The van der Waals surface area contributed by atoms with E-state index in [9.17, 15) is 4.79 Å². The van der Waals surface area contributed by atoms with Gasteiger partial charge < -0.3 is 9.84 Å². The van der Waals surface area contributed by atoms with E-state index in [2.05, 4.69) is 4.74 Å². The van der Waals surface area contributed by atoms with E-state index in [0.29, 0.717) is 0 Å². The Morgan fingerprint density at radius 3 is 2.25 bits per heavy atom. The summed E-state index contributed by atoms with van der Waals surface area (Å²) in [6.45, 7) is 7.15. The van der Waals surface area contributed by atoms with Gasteiger partial charge in [0, 0.05) is 12.0 Å². The first-order valence-electron chi connectivity index (χ1n) is 3.97. The second kappa shape index (κ2) is 4.93. The smallest absolute Gasteiger partial charge is 0.332 e. The fourth-order valence-corrected chi connectivity index (χ4v) is 0.525. The predicted molar refractivity (Wildman–Crippen MR) is 46.4 cm³/mol. The van der Waals surface area contributed by atoms with Gasteiger partial charge in [-0.15, -0.1) is 0 Å². The van der Waals surface area contributed by atoms with E-state index < -0.39 is 12.3 Å². The molecular formula is C9H16O3. The second-order valence-corrected chi connectivity index (χ2v) is 3.29. The van der Waals surface area contributed by atoms with Crippen molar-refractivity contribution in [1.82, 2.24) is 0 Å². The van der Waals surface area contributed by atoms with Crippen LogP contribution in [0.3, 0.4) is 0 Å². The number of carbonyl (C=O) groups excluding carboxylic acids is 1. The number of hydrogen-bond donors (Lipinski definition) is 1. The lowest BCUT2D eigenvalue weighted by Gasteiger charge is -2.13. The van der Waals surface area contributed by atoms with Crippen molar-refractivity contribution in [3.8, 4) is 0 Å². The monoisotopic (exact) mass is 172 g/mol. The molecule has 0 saturated heterocycles.